The summed E-state index contributed by atoms with van der Waals surface area (Å²) < 4.78 is 0. The number of hydrogen-bond donors (Lipinski definition) is 1. The Balaban J connectivity index is 1.62. The molecule has 4 heteroatoms. The molecular weight excluding hydrogens is 312 g/mol. The minimum atomic E-state index is -0.450. The molecule has 1 aliphatic heterocycles. The summed E-state index contributed by atoms with van der Waals surface area (Å²) in [6.07, 6.45) is 2.37. The number of anilines is 1. The SMILES string of the molecule is CC(=O)N1c2ccccc2C[C@@H]1C(=O)N[C@@H](C)CCc1ccccc1. The lowest BCUT2D eigenvalue weighted by Gasteiger charge is -2.25. The zero-order valence-electron chi connectivity index (χ0n) is 14.7. The first kappa shape index (κ1) is 17.2. The van der Waals surface area contributed by atoms with Gasteiger partial charge in [-0.15, -0.1) is 0 Å². The Morgan fingerprint density at radius 3 is 2.52 bits per heavy atom. The summed E-state index contributed by atoms with van der Waals surface area (Å²) in [6, 6.07) is 17.6. The molecule has 0 unspecified atom stereocenters. The van der Waals surface area contributed by atoms with E-state index in [1.54, 1.807) is 4.90 Å². The van der Waals surface area contributed by atoms with Crippen LogP contribution < -0.4 is 10.2 Å². The fraction of sp³-hybridized carbons (Fsp3) is 0.333. The van der Waals surface area contributed by atoms with E-state index in [2.05, 4.69) is 17.4 Å². The standard InChI is InChI=1S/C21H24N2O2/c1-15(12-13-17-8-4-3-5-9-17)22-21(25)20-14-18-10-6-7-11-19(18)23(20)16(2)24/h3-11,15,20H,12-14H2,1-2H3,(H,22,25)/t15-,20+/m0/s1. The van der Waals surface area contributed by atoms with Crippen LogP contribution in [0.4, 0.5) is 5.69 Å². The number of aryl methyl sites for hydroxylation is 1. The summed E-state index contributed by atoms with van der Waals surface area (Å²) in [5.74, 6) is -0.172. The molecule has 4 nitrogen and oxygen atoms in total. The Hall–Kier alpha value is -2.62. The van der Waals surface area contributed by atoms with E-state index in [0.29, 0.717) is 6.42 Å². The Labute approximate surface area is 148 Å². The number of para-hydroxylation sites is 1. The lowest BCUT2D eigenvalue weighted by Crippen LogP contribution is -2.49. The van der Waals surface area contributed by atoms with Crippen LogP contribution in [0.1, 0.15) is 31.4 Å². The van der Waals surface area contributed by atoms with Crippen molar-refractivity contribution in [2.24, 2.45) is 0 Å². The molecule has 25 heavy (non-hydrogen) atoms. The van der Waals surface area contributed by atoms with Crippen molar-refractivity contribution in [3.8, 4) is 0 Å². The molecule has 130 valence electrons. The largest absolute Gasteiger partial charge is 0.352 e. The van der Waals surface area contributed by atoms with Crippen molar-refractivity contribution >= 4 is 17.5 Å². The Bertz CT molecular complexity index is 758. The molecule has 2 atom stereocenters. The summed E-state index contributed by atoms with van der Waals surface area (Å²) in [7, 11) is 0. The molecule has 3 rings (SSSR count). The molecule has 0 spiro atoms. The third kappa shape index (κ3) is 3.90. The maximum atomic E-state index is 12.7. The number of benzene rings is 2. The molecule has 2 aromatic carbocycles. The van der Waals surface area contributed by atoms with Gasteiger partial charge in [-0.2, -0.15) is 0 Å². The van der Waals surface area contributed by atoms with Gasteiger partial charge >= 0.3 is 0 Å². The zero-order chi connectivity index (χ0) is 17.8. The summed E-state index contributed by atoms with van der Waals surface area (Å²) in [5, 5.41) is 3.08. The summed E-state index contributed by atoms with van der Waals surface area (Å²) in [5.41, 5.74) is 3.17. The lowest BCUT2D eigenvalue weighted by atomic mass is 10.1. The monoisotopic (exact) mass is 336 g/mol. The molecule has 0 radical (unpaired) electrons. The average molecular weight is 336 g/mol. The van der Waals surface area contributed by atoms with Gasteiger partial charge < -0.3 is 5.32 Å². The molecule has 0 fully saturated rings. The molecule has 0 saturated heterocycles. The van der Waals surface area contributed by atoms with Crippen LogP contribution in [0.25, 0.3) is 0 Å². The second-order valence-electron chi connectivity index (χ2n) is 6.67. The smallest absolute Gasteiger partial charge is 0.243 e. The van der Waals surface area contributed by atoms with E-state index in [9.17, 15) is 9.59 Å². The van der Waals surface area contributed by atoms with Crippen molar-refractivity contribution in [1.82, 2.24) is 5.32 Å². The molecule has 2 aromatic rings. The molecule has 0 bridgehead atoms. The summed E-state index contributed by atoms with van der Waals surface area (Å²) >= 11 is 0. The van der Waals surface area contributed by atoms with Gasteiger partial charge in [0.15, 0.2) is 0 Å². The van der Waals surface area contributed by atoms with Crippen molar-refractivity contribution < 1.29 is 9.59 Å². The van der Waals surface area contributed by atoms with E-state index >= 15 is 0 Å². The number of carbonyl (C=O) groups is 2. The van der Waals surface area contributed by atoms with Gasteiger partial charge in [0, 0.05) is 25.1 Å². The number of nitrogens with one attached hydrogen (secondary N) is 1. The zero-order valence-corrected chi connectivity index (χ0v) is 14.7. The van der Waals surface area contributed by atoms with Gasteiger partial charge in [-0.05, 0) is 37.0 Å². The van der Waals surface area contributed by atoms with E-state index in [1.807, 2.05) is 49.4 Å². The lowest BCUT2D eigenvalue weighted by molar-refractivity contribution is -0.126. The highest BCUT2D eigenvalue weighted by Gasteiger charge is 2.36. The molecule has 0 aromatic heterocycles. The maximum absolute atomic E-state index is 12.7. The Morgan fingerprint density at radius 1 is 1.12 bits per heavy atom. The first-order chi connectivity index (χ1) is 12.1. The van der Waals surface area contributed by atoms with Crippen molar-refractivity contribution in [3.63, 3.8) is 0 Å². The molecule has 1 N–H and O–H groups in total. The van der Waals surface area contributed by atoms with Crippen LogP contribution in [0.5, 0.6) is 0 Å². The van der Waals surface area contributed by atoms with Crippen molar-refractivity contribution in [3.05, 3.63) is 65.7 Å². The molecule has 1 heterocycles. The second kappa shape index (κ2) is 7.51. The quantitative estimate of drug-likeness (QED) is 0.912. The van der Waals surface area contributed by atoms with Gasteiger partial charge in [0.05, 0.1) is 0 Å². The number of amides is 2. The predicted octanol–water partition coefficient (Wildman–Crippen LogP) is 3.10. The molecular formula is C21H24N2O2. The van der Waals surface area contributed by atoms with Crippen LogP contribution in [0.3, 0.4) is 0 Å². The Kier molecular flexibility index (Phi) is 5.17. The predicted molar refractivity (Wildman–Crippen MR) is 99.5 cm³/mol. The minimum absolute atomic E-state index is 0.0604. The third-order valence-corrected chi connectivity index (χ3v) is 4.72. The molecule has 0 aliphatic carbocycles. The summed E-state index contributed by atoms with van der Waals surface area (Å²) in [4.78, 5) is 26.4. The first-order valence-electron chi connectivity index (χ1n) is 8.78. The highest BCUT2D eigenvalue weighted by Crippen LogP contribution is 2.32. The van der Waals surface area contributed by atoms with Gasteiger partial charge in [-0.3, -0.25) is 14.5 Å². The van der Waals surface area contributed by atoms with Gasteiger partial charge in [0.1, 0.15) is 6.04 Å². The first-order valence-corrected chi connectivity index (χ1v) is 8.78. The van der Waals surface area contributed by atoms with Crippen LogP contribution in [0, 0.1) is 0 Å². The van der Waals surface area contributed by atoms with Crippen molar-refractivity contribution in [2.45, 2.75) is 45.2 Å². The van der Waals surface area contributed by atoms with Crippen LogP contribution in [-0.2, 0) is 22.4 Å². The fourth-order valence-corrected chi connectivity index (χ4v) is 3.42. The normalized spacial score (nSPS) is 17.0. The third-order valence-electron chi connectivity index (χ3n) is 4.72. The van der Waals surface area contributed by atoms with Gasteiger partial charge in [0.2, 0.25) is 11.8 Å². The van der Waals surface area contributed by atoms with Crippen LogP contribution in [0.15, 0.2) is 54.6 Å². The minimum Gasteiger partial charge on any atom is -0.352 e. The van der Waals surface area contributed by atoms with Crippen LogP contribution in [0.2, 0.25) is 0 Å². The second-order valence-corrected chi connectivity index (χ2v) is 6.67. The van der Waals surface area contributed by atoms with Crippen LogP contribution in [-0.4, -0.2) is 23.9 Å². The van der Waals surface area contributed by atoms with E-state index in [1.165, 1.54) is 12.5 Å². The maximum Gasteiger partial charge on any atom is 0.243 e. The number of nitrogens with zero attached hydrogens (tertiary/aromatic N) is 1. The van der Waals surface area contributed by atoms with Gasteiger partial charge in [-0.25, -0.2) is 0 Å². The number of fused-ring (bicyclic) bond motifs is 1. The van der Waals surface area contributed by atoms with E-state index in [0.717, 1.165) is 24.1 Å². The van der Waals surface area contributed by atoms with E-state index < -0.39 is 6.04 Å². The fourth-order valence-electron chi connectivity index (χ4n) is 3.42. The Morgan fingerprint density at radius 2 is 1.80 bits per heavy atom. The van der Waals surface area contributed by atoms with Crippen LogP contribution >= 0.6 is 0 Å². The number of hydrogen-bond acceptors (Lipinski definition) is 2. The van der Waals surface area contributed by atoms with Gasteiger partial charge in [0.25, 0.3) is 0 Å². The molecule has 2 amide bonds. The topological polar surface area (TPSA) is 49.4 Å². The molecule has 0 saturated carbocycles. The number of carbonyl (C=O) groups excluding carboxylic acids is 2. The highest BCUT2D eigenvalue weighted by molar-refractivity contribution is 6.02. The van der Waals surface area contributed by atoms with Crippen molar-refractivity contribution in [2.75, 3.05) is 4.90 Å². The highest BCUT2D eigenvalue weighted by atomic mass is 16.2. The average Bonchev–Trinajstić information content (AvgIpc) is 3.01. The van der Waals surface area contributed by atoms with Gasteiger partial charge in [-0.1, -0.05) is 48.5 Å². The van der Waals surface area contributed by atoms with Crippen molar-refractivity contribution in [1.29, 1.82) is 0 Å². The molecule has 1 aliphatic rings. The number of rotatable bonds is 5. The summed E-state index contributed by atoms with van der Waals surface area (Å²) in [6.45, 7) is 3.53. The van der Waals surface area contributed by atoms with E-state index in [-0.39, 0.29) is 17.9 Å². The van der Waals surface area contributed by atoms with E-state index in [4.69, 9.17) is 0 Å².